The van der Waals surface area contributed by atoms with Gasteiger partial charge in [0, 0.05) is 5.75 Å². The molecule has 0 aliphatic rings. The van der Waals surface area contributed by atoms with Crippen LogP contribution in [0.25, 0.3) is 0 Å². The topological polar surface area (TPSA) is 0 Å². The van der Waals surface area contributed by atoms with Crippen molar-refractivity contribution in [1.82, 2.24) is 0 Å². The zero-order chi connectivity index (χ0) is 5.70. The van der Waals surface area contributed by atoms with Crippen molar-refractivity contribution in [3.05, 3.63) is 0 Å². The SMILES string of the molecule is CCC(CC)C[S]. The minimum atomic E-state index is 0.801. The molecule has 43 valence electrons. The van der Waals surface area contributed by atoms with Crippen molar-refractivity contribution < 1.29 is 0 Å². The Labute approximate surface area is 51.7 Å². The van der Waals surface area contributed by atoms with Gasteiger partial charge in [-0.05, 0) is 5.92 Å². The summed E-state index contributed by atoms with van der Waals surface area (Å²) in [6.07, 6.45) is 2.50. The van der Waals surface area contributed by atoms with Crippen LogP contribution in [0.1, 0.15) is 26.7 Å². The largest absolute Gasteiger partial charge is 0.0939 e. The summed E-state index contributed by atoms with van der Waals surface area (Å²) in [7, 11) is 0. The Kier molecular flexibility index (Phi) is 4.73. The maximum atomic E-state index is 4.87. The molecule has 1 heteroatoms. The Bertz CT molecular complexity index is 25.7. The van der Waals surface area contributed by atoms with Crippen molar-refractivity contribution >= 4 is 12.6 Å². The quantitative estimate of drug-likeness (QED) is 0.533. The molecular formula is C6H13S. The third kappa shape index (κ3) is 2.98. The van der Waals surface area contributed by atoms with Gasteiger partial charge in [-0.15, -0.1) is 0 Å². The van der Waals surface area contributed by atoms with E-state index in [0.717, 1.165) is 11.7 Å². The molecule has 0 aromatic heterocycles. The number of hydrogen-bond acceptors (Lipinski definition) is 0. The molecule has 0 N–H and O–H groups in total. The Morgan fingerprint density at radius 1 is 1.29 bits per heavy atom. The van der Waals surface area contributed by atoms with Crippen LogP contribution in [0.5, 0.6) is 0 Å². The highest BCUT2D eigenvalue weighted by molar-refractivity contribution is 7.80. The molecule has 0 saturated carbocycles. The molecule has 0 bridgehead atoms. The molecule has 0 aromatic carbocycles. The van der Waals surface area contributed by atoms with E-state index < -0.39 is 0 Å². The predicted octanol–water partition coefficient (Wildman–Crippen LogP) is 2.62. The van der Waals surface area contributed by atoms with Gasteiger partial charge < -0.3 is 0 Å². The van der Waals surface area contributed by atoms with Gasteiger partial charge >= 0.3 is 0 Å². The predicted molar refractivity (Wildman–Crippen MR) is 36.5 cm³/mol. The molecule has 0 nitrogen and oxygen atoms in total. The molecule has 0 spiro atoms. The van der Waals surface area contributed by atoms with Gasteiger partial charge in [0.1, 0.15) is 0 Å². The van der Waals surface area contributed by atoms with Crippen molar-refractivity contribution in [2.45, 2.75) is 26.7 Å². The van der Waals surface area contributed by atoms with E-state index in [4.69, 9.17) is 12.6 Å². The van der Waals surface area contributed by atoms with Crippen molar-refractivity contribution in [3.63, 3.8) is 0 Å². The Balaban J connectivity index is 2.99. The van der Waals surface area contributed by atoms with Gasteiger partial charge in [-0.2, -0.15) is 0 Å². The van der Waals surface area contributed by atoms with Gasteiger partial charge in [-0.1, -0.05) is 39.3 Å². The monoisotopic (exact) mass is 117 g/mol. The highest BCUT2D eigenvalue weighted by atomic mass is 32.1. The fourth-order valence-electron chi connectivity index (χ4n) is 0.524. The Morgan fingerprint density at radius 2 is 1.71 bits per heavy atom. The van der Waals surface area contributed by atoms with E-state index in [-0.39, 0.29) is 0 Å². The number of hydrogen-bond donors (Lipinski definition) is 0. The lowest BCUT2D eigenvalue weighted by Gasteiger charge is -2.04. The van der Waals surface area contributed by atoms with Crippen LogP contribution in [0.4, 0.5) is 0 Å². The first-order valence-corrected chi connectivity index (χ1v) is 3.50. The van der Waals surface area contributed by atoms with E-state index in [0.29, 0.717) is 0 Å². The highest BCUT2D eigenvalue weighted by Crippen LogP contribution is 2.07. The van der Waals surface area contributed by atoms with E-state index >= 15 is 0 Å². The molecular weight excluding hydrogens is 104 g/mol. The second-order valence-electron chi connectivity index (χ2n) is 1.85. The van der Waals surface area contributed by atoms with Crippen molar-refractivity contribution in [2.24, 2.45) is 5.92 Å². The molecule has 0 saturated heterocycles. The molecule has 0 atom stereocenters. The van der Waals surface area contributed by atoms with Crippen LogP contribution < -0.4 is 0 Å². The van der Waals surface area contributed by atoms with Crippen LogP contribution in [-0.2, 0) is 0 Å². The van der Waals surface area contributed by atoms with Crippen molar-refractivity contribution in [2.75, 3.05) is 5.75 Å². The summed E-state index contributed by atoms with van der Waals surface area (Å²) in [5.74, 6) is 1.74. The lowest BCUT2D eigenvalue weighted by molar-refractivity contribution is 0.555. The maximum Gasteiger partial charge on any atom is 0.00651 e. The third-order valence-electron chi connectivity index (χ3n) is 1.39. The minimum absolute atomic E-state index is 0.801. The molecule has 1 radical (unpaired) electrons. The van der Waals surface area contributed by atoms with E-state index in [2.05, 4.69) is 13.8 Å². The van der Waals surface area contributed by atoms with E-state index in [1.54, 1.807) is 0 Å². The van der Waals surface area contributed by atoms with Crippen LogP contribution in [0.3, 0.4) is 0 Å². The molecule has 0 aliphatic carbocycles. The van der Waals surface area contributed by atoms with Crippen LogP contribution in [0.15, 0.2) is 0 Å². The molecule has 0 unspecified atom stereocenters. The number of rotatable bonds is 3. The fraction of sp³-hybridized carbons (Fsp3) is 1.00. The van der Waals surface area contributed by atoms with E-state index in [1.165, 1.54) is 12.8 Å². The Hall–Kier alpha value is 0.350. The molecule has 0 rings (SSSR count). The standard InChI is InChI=1S/C6H13S/c1-3-6(4-2)5-7/h6H,3-5H2,1-2H3. The smallest absolute Gasteiger partial charge is 0.00651 e. The van der Waals surface area contributed by atoms with Gasteiger partial charge in [-0.3, -0.25) is 0 Å². The first-order valence-electron chi connectivity index (χ1n) is 2.93. The molecule has 0 fully saturated rings. The summed E-state index contributed by atoms with van der Waals surface area (Å²) >= 11 is 4.87. The summed E-state index contributed by atoms with van der Waals surface area (Å²) in [5.41, 5.74) is 0. The minimum Gasteiger partial charge on any atom is -0.0939 e. The maximum absolute atomic E-state index is 4.87. The van der Waals surface area contributed by atoms with Gasteiger partial charge in [0.05, 0.1) is 0 Å². The van der Waals surface area contributed by atoms with E-state index in [9.17, 15) is 0 Å². The molecule has 0 aromatic rings. The van der Waals surface area contributed by atoms with Crippen LogP contribution in [-0.4, -0.2) is 5.75 Å². The first kappa shape index (κ1) is 7.35. The molecule has 0 heterocycles. The summed E-state index contributed by atoms with van der Waals surface area (Å²) in [4.78, 5) is 0. The average Bonchev–Trinajstić information content (AvgIpc) is 1.72. The van der Waals surface area contributed by atoms with Gasteiger partial charge in [0.2, 0.25) is 0 Å². The van der Waals surface area contributed by atoms with Crippen molar-refractivity contribution in [1.29, 1.82) is 0 Å². The van der Waals surface area contributed by atoms with Crippen LogP contribution in [0, 0.1) is 5.92 Å². The van der Waals surface area contributed by atoms with Gasteiger partial charge in [0.25, 0.3) is 0 Å². The normalized spacial score (nSPS) is 10.3. The van der Waals surface area contributed by atoms with Gasteiger partial charge in [-0.25, -0.2) is 0 Å². The van der Waals surface area contributed by atoms with Crippen LogP contribution >= 0.6 is 12.6 Å². The summed E-state index contributed by atoms with van der Waals surface area (Å²) < 4.78 is 0. The highest BCUT2D eigenvalue weighted by Gasteiger charge is 1.97. The average molecular weight is 117 g/mol. The second kappa shape index (κ2) is 4.51. The summed E-state index contributed by atoms with van der Waals surface area (Å²) in [6, 6.07) is 0. The summed E-state index contributed by atoms with van der Waals surface area (Å²) in [6.45, 7) is 4.39. The zero-order valence-corrected chi connectivity index (χ0v) is 5.92. The second-order valence-corrected chi connectivity index (χ2v) is 2.18. The molecule has 7 heavy (non-hydrogen) atoms. The lowest BCUT2D eigenvalue weighted by Crippen LogP contribution is -1.96. The molecule has 0 aliphatic heterocycles. The zero-order valence-electron chi connectivity index (χ0n) is 5.11. The van der Waals surface area contributed by atoms with Crippen molar-refractivity contribution in [3.8, 4) is 0 Å². The lowest BCUT2D eigenvalue weighted by atomic mass is 10.1. The summed E-state index contributed by atoms with van der Waals surface area (Å²) in [5, 5.41) is 0. The third-order valence-corrected chi connectivity index (χ3v) is 1.86. The van der Waals surface area contributed by atoms with Gasteiger partial charge in [0.15, 0.2) is 0 Å². The van der Waals surface area contributed by atoms with Crippen LogP contribution in [0.2, 0.25) is 0 Å². The first-order chi connectivity index (χ1) is 3.35. The molecule has 0 amide bonds. The fourth-order valence-corrected chi connectivity index (χ4v) is 0.996. The van der Waals surface area contributed by atoms with E-state index in [1.807, 2.05) is 0 Å². The Morgan fingerprint density at radius 3 is 1.71 bits per heavy atom.